The summed E-state index contributed by atoms with van der Waals surface area (Å²) in [6.07, 6.45) is 2.32. The smallest absolute Gasteiger partial charge is 0.254 e. The fraction of sp³-hybridized carbons (Fsp3) is 0.500. The van der Waals surface area contributed by atoms with E-state index in [9.17, 15) is 4.79 Å². The molecule has 1 aromatic carbocycles. The van der Waals surface area contributed by atoms with E-state index in [-0.39, 0.29) is 5.91 Å². The first-order chi connectivity index (χ1) is 8.08. The van der Waals surface area contributed by atoms with Crippen LogP contribution in [0.15, 0.2) is 28.7 Å². The molecule has 1 aliphatic carbocycles. The van der Waals surface area contributed by atoms with Gasteiger partial charge in [-0.2, -0.15) is 0 Å². The lowest BCUT2D eigenvalue weighted by atomic mass is 10.1. The van der Waals surface area contributed by atoms with Crippen LogP contribution in [0.3, 0.4) is 0 Å². The largest absolute Gasteiger partial charge is 0.335 e. The molecule has 0 unspecified atom stereocenters. The zero-order valence-electron chi connectivity index (χ0n) is 10.3. The summed E-state index contributed by atoms with van der Waals surface area (Å²) in [6, 6.07) is 8.13. The third-order valence-electron chi connectivity index (χ3n) is 2.88. The fourth-order valence-corrected chi connectivity index (χ4v) is 2.36. The van der Waals surface area contributed by atoms with Crippen molar-refractivity contribution in [2.24, 2.45) is 5.92 Å². The first-order valence-electron chi connectivity index (χ1n) is 6.14. The van der Waals surface area contributed by atoms with Crippen LogP contribution in [0.4, 0.5) is 0 Å². The zero-order valence-corrected chi connectivity index (χ0v) is 11.9. The summed E-state index contributed by atoms with van der Waals surface area (Å²) in [6.45, 7) is 5.17. The summed E-state index contributed by atoms with van der Waals surface area (Å²) in [5, 5.41) is 0. The summed E-state index contributed by atoms with van der Waals surface area (Å²) in [7, 11) is 0. The second-order valence-electron chi connectivity index (χ2n) is 5.09. The van der Waals surface area contributed by atoms with Crippen LogP contribution >= 0.6 is 15.9 Å². The Morgan fingerprint density at radius 2 is 2.18 bits per heavy atom. The number of carbonyl (C=O) groups is 1. The average Bonchev–Trinajstić information content (AvgIpc) is 3.08. The molecule has 2 nitrogen and oxygen atoms in total. The van der Waals surface area contributed by atoms with Crippen LogP contribution in [0, 0.1) is 5.92 Å². The summed E-state index contributed by atoms with van der Waals surface area (Å²) in [5.41, 5.74) is 0.784. The second-order valence-corrected chi connectivity index (χ2v) is 6.01. The van der Waals surface area contributed by atoms with Gasteiger partial charge in [-0.05, 0) is 37.0 Å². The van der Waals surface area contributed by atoms with Crippen molar-refractivity contribution in [3.8, 4) is 0 Å². The van der Waals surface area contributed by atoms with Crippen LogP contribution in [0.25, 0.3) is 0 Å². The lowest BCUT2D eigenvalue weighted by Crippen LogP contribution is -2.36. The van der Waals surface area contributed by atoms with Gasteiger partial charge in [-0.25, -0.2) is 0 Å². The number of hydrogen-bond acceptors (Lipinski definition) is 1. The van der Waals surface area contributed by atoms with E-state index in [1.807, 2.05) is 29.2 Å². The molecule has 0 spiro atoms. The quantitative estimate of drug-likeness (QED) is 0.829. The first kappa shape index (κ1) is 12.6. The van der Waals surface area contributed by atoms with E-state index in [1.54, 1.807) is 0 Å². The van der Waals surface area contributed by atoms with Crippen molar-refractivity contribution in [1.29, 1.82) is 0 Å². The summed E-state index contributed by atoms with van der Waals surface area (Å²) < 4.78 is 0.962. The molecule has 17 heavy (non-hydrogen) atoms. The molecule has 1 amide bonds. The maximum Gasteiger partial charge on any atom is 0.254 e. The minimum absolute atomic E-state index is 0.169. The lowest BCUT2D eigenvalue weighted by Gasteiger charge is -2.24. The SMILES string of the molecule is CC(C)CN(C(=O)c1cccc(Br)c1)C1CC1. The van der Waals surface area contributed by atoms with Gasteiger partial charge in [-0.1, -0.05) is 35.8 Å². The number of carbonyl (C=O) groups excluding carboxylic acids is 1. The summed E-state index contributed by atoms with van der Waals surface area (Å²) >= 11 is 3.41. The maximum atomic E-state index is 12.4. The molecule has 92 valence electrons. The number of rotatable bonds is 4. The molecule has 2 rings (SSSR count). The highest BCUT2D eigenvalue weighted by molar-refractivity contribution is 9.10. The molecule has 0 saturated heterocycles. The van der Waals surface area contributed by atoms with Crippen LogP contribution < -0.4 is 0 Å². The minimum atomic E-state index is 0.169. The lowest BCUT2D eigenvalue weighted by molar-refractivity contribution is 0.0722. The molecule has 1 aliphatic rings. The molecule has 0 aliphatic heterocycles. The predicted octanol–water partition coefficient (Wildman–Crippen LogP) is 3.71. The minimum Gasteiger partial charge on any atom is -0.335 e. The Labute approximate surface area is 111 Å². The molecule has 3 heteroatoms. The molecule has 1 fully saturated rings. The molecular weight excluding hydrogens is 278 g/mol. The summed E-state index contributed by atoms with van der Waals surface area (Å²) in [4.78, 5) is 14.5. The molecule has 1 aromatic rings. The zero-order chi connectivity index (χ0) is 12.4. The summed E-state index contributed by atoms with van der Waals surface area (Å²) in [5.74, 6) is 0.689. The normalized spacial score (nSPS) is 15.1. The van der Waals surface area contributed by atoms with Gasteiger partial charge in [-0.15, -0.1) is 0 Å². The highest BCUT2D eigenvalue weighted by Gasteiger charge is 2.33. The van der Waals surface area contributed by atoms with Crippen LogP contribution in [0.2, 0.25) is 0 Å². The van der Waals surface area contributed by atoms with Gasteiger partial charge in [0.05, 0.1) is 0 Å². The van der Waals surface area contributed by atoms with E-state index in [1.165, 1.54) is 0 Å². The first-order valence-corrected chi connectivity index (χ1v) is 6.93. The van der Waals surface area contributed by atoms with Gasteiger partial charge in [0.15, 0.2) is 0 Å². The van der Waals surface area contributed by atoms with Gasteiger partial charge in [-0.3, -0.25) is 4.79 Å². The van der Waals surface area contributed by atoms with Crippen molar-refractivity contribution in [2.75, 3.05) is 6.54 Å². The second kappa shape index (κ2) is 5.21. The fourth-order valence-electron chi connectivity index (χ4n) is 1.96. The Hall–Kier alpha value is -0.830. The maximum absolute atomic E-state index is 12.4. The Morgan fingerprint density at radius 1 is 1.47 bits per heavy atom. The Morgan fingerprint density at radius 3 is 2.71 bits per heavy atom. The van der Waals surface area contributed by atoms with Gasteiger partial charge < -0.3 is 4.90 Å². The van der Waals surface area contributed by atoms with Gasteiger partial charge in [0.1, 0.15) is 0 Å². The number of hydrogen-bond donors (Lipinski definition) is 0. The van der Waals surface area contributed by atoms with Crippen molar-refractivity contribution in [2.45, 2.75) is 32.7 Å². The Kier molecular flexibility index (Phi) is 3.87. The van der Waals surface area contributed by atoms with Crippen molar-refractivity contribution in [3.63, 3.8) is 0 Å². The van der Waals surface area contributed by atoms with E-state index in [2.05, 4.69) is 29.8 Å². The van der Waals surface area contributed by atoms with E-state index in [0.29, 0.717) is 12.0 Å². The van der Waals surface area contributed by atoms with Crippen molar-refractivity contribution in [3.05, 3.63) is 34.3 Å². The van der Waals surface area contributed by atoms with Gasteiger partial charge in [0.2, 0.25) is 0 Å². The van der Waals surface area contributed by atoms with E-state index >= 15 is 0 Å². The predicted molar refractivity (Wildman–Crippen MR) is 73.0 cm³/mol. The van der Waals surface area contributed by atoms with Crippen molar-refractivity contribution < 1.29 is 4.79 Å². The molecule has 0 bridgehead atoms. The van der Waals surface area contributed by atoms with Crippen LogP contribution in [0.5, 0.6) is 0 Å². The van der Waals surface area contributed by atoms with Crippen LogP contribution in [-0.4, -0.2) is 23.4 Å². The van der Waals surface area contributed by atoms with Crippen molar-refractivity contribution in [1.82, 2.24) is 4.90 Å². The molecule has 1 saturated carbocycles. The number of halogens is 1. The van der Waals surface area contributed by atoms with E-state index < -0.39 is 0 Å². The van der Waals surface area contributed by atoms with Crippen LogP contribution in [-0.2, 0) is 0 Å². The van der Waals surface area contributed by atoms with Gasteiger partial charge in [0.25, 0.3) is 5.91 Å². The Bertz CT molecular complexity index is 412. The average molecular weight is 296 g/mol. The monoisotopic (exact) mass is 295 g/mol. The third-order valence-corrected chi connectivity index (χ3v) is 3.38. The highest BCUT2D eigenvalue weighted by atomic mass is 79.9. The highest BCUT2D eigenvalue weighted by Crippen LogP contribution is 2.29. The van der Waals surface area contributed by atoms with E-state index in [4.69, 9.17) is 0 Å². The number of nitrogens with zero attached hydrogens (tertiary/aromatic N) is 1. The molecule has 0 radical (unpaired) electrons. The molecule has 0 heterocycles. The standard InChI is InChI=1S/C14H18BrNO/c1-10(2)9-16(13-6-7-13)14(17)11-4-3-5-12(15)8-11/h3-5,8,10,13H,6-7,9H2,1-2H3. The molecule has 0 atom stereocenters. The van der Waals surface area contributed by atoms with E-state index in [0.717, 1.165) is 29.4 Å². The molecular formula is C14H18BrNO. The van der Waals surface area contributed by atoms with Crippen LogP contribution in [0.1, 0.15) is 37.0 Å². The third kappa shape index (κ3) is 3.32. The Balaban J connectivity index is 2.15. The number of amides is 1. The topological polar surface area (TPSA) is 20.3 Å². The number of benzene rings is 1. The van der Waals surface area contributed by atoms with Gasteiger partial charge in [0, 0.05) is 22.6 Å². The van der Waals surface area contributed by atoms with Crippen molar-refractivity contribution >= 4 is 21.8 Å². The molecule has 0 N–H and O–H groups in total. The molecule has 0 aromatic heterocycles. The van der Waals surface area contributed by atoms with Gasteiger partial charge >= 0.3 is 0 Å².